The maximum Gasteiger partial charge on any atom is 0.235 e. The number of carbonyl (C=O) groups excluding carboxylic acids is 5. The van der Waals surface area contributed by atoms with Gasteiger partial charge in [-0.2, -0.15) is 0 Å². The molecule has 0 saturated heterocycles. The number of phenolic OH excluding ortho intramolecular Hbond substituents is 1. The molecule has 2 unspecified atom stereocenters. The van der Waals surface area contributed by atoms with E-state index in [0.717, 1.165) is 32.1 Å². The average molecular weight is 570 g/mol. The number of rotatable bonds is 6. The molecule has 11 nitrogen and oxygen atoms in total. The number of hydrogen-bond donors (Lipinski definition) is 5. The van der Waals surface area contributed by atoms with Gasteiger partial charge in [0.2, 0.25) is 5.91 Å². The number of nitrogens with zero attached hydrogens (tertiary/aromatic N) is 1. The van der Waals surface area contributed by atoms with Gasteiger partial charge in [0.1, 0.15) is 5.75 Å². The van der Waals surface area contributed by atoms with Crippen LogP contribution in [-0.4, -0.2) is 87.1 Å². The standard InChI is InChI=1S/C30H39N3O8/c1-4-5-13-6-9-15(10-7-13)32-17-11-8-14-12-16-19(25(36)18(14)24(17)35)27(38)30(41)21(23(16)34)22(33(2)3)26(37)20(28(30)39)29(31)40/h8,11,13,15-16,19-23,32,34-35,41H,4-7,9-10,12H2,1-3H3,(H2,31,40)/t13?,15?,16-,19?,20?,21-,22+,23+,30+/m1/s1. The van der Waals surface area contributed by atoms with Crippen LogP contribution < -0.4 is 11.1 Å². The van der Waals surface area contributed by atoms with E-state index in [-0.39, 0.29) is 23.8 Å². The van der Waals surface area contributed by atoms with Crippen LogP contribution in [0.4, 0.5) is 5.69 Å². The molecule has 41 heavy (non-hydrogen) atoms. The minimum absolute atomic E-state index is 0.00295. The van der Waals surface area contributed by atoms with Gasteiger partial charge in [0.15, 0.2) is 34.7 Å². The highest BCUT2D eigenvalue weighted by Crippen LogP contribution is 2.51. The Bertz CT molecular complexity index is 1300. The zero-order valence-corrected chi connectivity index (χ0v) is 23.6. The summed E-state index contributed by atoms with van der Waals surface area (Å²) >= 11 is 0. The summed E-state index contributed by atoms with van der Waals surface area (Å²) in [6.07, 6.45) is 4.71. The normalized spacial score (nSPS) is 36.9. The number of ketones is 4. The van der Waals surface area contributed by atoms with Gasteiger partial charge in [-0.3, -0.25) is 28.9 Å². The third-order valence-corrected chi connectivity index (χ3v) is 9.92. The number of nitrogens with one attached hydrogen (secondary N) is 1. The number of benzene rings is 1. The molecule has 1 amide bonds. The van der Waals surface area contributed by atoms with Crippen molar-refractivity contribution >= 4 is 34.7 Å². The van der Waals surface area contributed by atoms with Crippen LogP contribution in [0.2, 0.25) is 0 Å². The Morgan fingerprint density at radius 3 is 2.34 bits per heavy atom. The van der Waals surface area contributed by atoms with Crippen LogP contribution in [0.1, 0.15) is 61.4 Å². The van der Waals surface area contributed by atoms with Crippen LogP contribution in [0.25, 0.3) is 0 Å². The van der Waals surface area contributed by atoms with Gasteiger partial charge in [-0.05, 0) is 63.7 Å². The van der Waals surface area contributed by atoms with Crippen molar-refractivity contribution in [3.05, 3.63) is 23.3 Å². The van der Waals surface area contributed by atoms with Gasteiger partial charge in [0.25, 0.3) is 0 Å². The largest absolute Gasteiger partial charge is 0.505 e. The highest BCUT2D eigenvalue weighted by atomic mass is 16.3. The van der Waals surface area contributed by atoms with Crippen molar-refractivity contribution in [3.63, 3.8) is 0 Å². The molecule has 4 aliphatic carbocycles. The predicted molar refractivity (Wildman–Crippen MR) is 147 cm³/mol. The molecule has 5 rings (SSSR count). The number of anilines is 1. The lowest BCUT2D eigenvalue weighted by Crippen LogP contribution is -2.77. The van der Waals surface area contributed by atoms with E-state index >= 15 is 0 Å². The summed E-state index contributed by atoms with van der Waals surface area (Å²) in [7, 11) is 2.93. The molecule has 0 aliphatic heterocycles. The third-order valence-electron chi connectivity index (χ3n) is 9.92. The molecule has 0 radical (unpaired) electrons. The number of nitrogens with two attached hydrogens (primary N) is 1. The van der Waals surface area contributed by atoms with E-state index in [9.17, 15) is 39.3 Å². The fourth-order valence-corrected chi connectivity index (χ4v) is 7.93. The summed E-state index contributed by atoms with van der Waals surface area (Å²) in [5.41, 5.74) is 3.04. The number of likely N-dealkylation sites (N-methyl/N-ethyl adjacent to an activating group) is 1. The Morgan fingerprint density at radius 2 is 1.76 bits per heavy atom. The molecule has 1 aromatic rings. The summed E-state index contributed by atoms with van der Waals surface area (Å²) in [6, 6.07) is 2.10. The number of amides is 1. The molecular weight excluding hydrogens is 530 g/mol. The van der Waals surface area contributed by atoms with Crippen molar-refractivity contribution in [1.29, 1.82) is 0 Å². The van der Waals surface area contributed by atoms with E-state index in [4.69, 9.17) is 5.73 Å². The van der Waals surface area contributed by atoms with Gasteiger partial charge < -0.3 is 26.4 Å². The molecule has 1 aromatic carbocycles. The maximum atomic E-state index is 14.0. The Balaban J connectivity index is 1.50. The number of primary amides is 1. The highest BCUT2D eigenvalue weighted by Gasteiger charge is 2.72. The first-order valence-corrected chi connectivity index (χ1v) is 14.5. The van der Waals surface area contributed by atoms with Gasteiger partial charge in [-0.25, -0.2) is 0 Å². The quantitative estimate of drug-likeness (QED) is 0.240. The number of hydrogen-bond acceptors (Lipinski definition) is 10. The molecule has 6 N–H and O–H groups in total. The number of fused-ring (bicyclic) bond motifs is 3. The highest BCUT2D eigenvalue weighted by molar-refractivity contribution is 6.32. The molecule has 4 aliphatic rings. The molecule has 11 heteroatoms. The first kappa shape index (κ1) is 29.3. The predicted octanol–water partition coefficient (Wildman–Crippen LogP) is 0.609. The van der Waals surface area contributed by atoms with Crippen LogP contribution in [-0.2, 0) is 25.6 Å². The fraction of sp³-hybridized carbons (Fsp3) is 0.633. The number of aliphatic hydroxyl groups is 2. The van der Waals surface area contributed by atoms with E-state index in [0.29, 0.717) is 17.2 Å². The second-order valence-electron chi connectivity index (χ2n) is 12.5. The van der Waals surface area contributed by atoms with Crippen LogP contribution in [0.15, 0.2) is 12.1 Å². The lowest BCUT2D eigenvalue weighted by Gasteiger charge is -2.54. The molecule has 0 bridgehead atoms. The van der Waals surface area contributed by atoms with Crippen LogP contribution in [0, 0.1) is 29.6 Å². The summed E-state index contributed by atoms with van der Waals surface area (Å²) < 4.78 is 0. The maximum absolute atomic E-state index is 14.0. The van der Waals surface area contributed by atoms with Gasteiger partial charge in [-0.15, -0.1) is 0 Å². The summed E-state index contributed by atoms with van der Waals surface area (Å²) in [4.78, 5) is 67.9. The van der Waals surface area contributed by atoms with Crippen LogP contribution >= 0.6 is 0 Å². The second kappa shape index (κ2) is 10.6. The van der Waals surface area contributed by atoms with E-state index in [1.165, 1.54) is 25.4 Å². The SMILES string of the molecule is CCCC1CCC(Nc2ccc3c(c2O)C(=O)C2C(=O)[C@]4(O)C(=O)C(C(N)=O)C(=O)[C@@H](N(C)C)[C@@H]4[C@@H](O)[C@@H]2C3)CC1. The Kier molecular flexibility index (Phi) is 7.59. The van der Waals surface area contributed by atoms with Crippen molar-refractivity contribution in [2.24, 2.45) is 35.3 Å². The number of carbonyl (C=O) groups is 5. The van der Waals surface area contributed by atoms with E-state index in [1.807, 2.05) is 0 Å². The van der Waals surface area contributed by atoms with Gasteiger partial charge in [0, 0.05) is 12.0 Å². The Morgan fingerprint density at radius 1 is 1.10 bits per heavy atom. The van der Waals surface area contributed by atoms with E-state index in [1.54, 1.807) is 12.1 Å². The molecular formula is C30H39N3O8. The zero-order chi connectivity index (χ0) is 30.0. The molecule has 222 valence electrons. The lowest BCUT2D eigenvalue weighted by molar-refractivity contribution is -0.195. The minimum atomic E-state index is -2.99. The summed E-state index contributed by atoms with van der Waals surface area (Å²) in [5, 5.41) is 37.8. The first-order valence-electron chi connectivity index (χ1n) is 14.5. The molecule has 3 fully saturated rings. The molecule has 7 atom stereocenters. The Hall–Kier alpha value is -3.15. The van der Waals surface area contributed by atoms with Crippen molar-refractivity contribution in [1.82, 2.24) is 4.90 Å². The van der Waals surface area contributed by atoms with E-state index < -0.39 is 70.5 Å². The smallest absolute Gasteiger partial charge is 0.235 e. The minimum Gasteiger partial charge on any atom is -0.505 e. The van der Waals surface area contributed by atoms with E-state index in [2.05, 4.69) is 12.2 Å². The van der Waals surface area contributed by atoms with Crippen molar-refractivity contribution in [2.45, 2.75) is 75.7 Å². The first-order chi connectivity index (χ1) is 19.3. The van der Waals surface area contributed by atoms with Crippen molar-refractivity contribution in [3.8, 4) is 5.75 Å². The molecule has 0 spiro atoms. The van der Waals surface area contributed by atoms with Crippen molar-refractivity contribution in [2.75, 3.05) is 19.4 Å². The van der Waals surface area contributed by atoms with Crippen molar-refractivity contribution < 1.29 is 39.3 Å². The number of aromatic hydroxyl groups is 1. The molecule has 0 heterocycles. The van der Waals surface area contributed by atoms with Gasteiger partial charge >= 0.3 is 0 Å². The average Bonchev–Trinajstić information content (AvgIpc) is 2.91. The topological polar surface area (TPSA) is 187 Å². The second-order valence-corrected chi connectivity index (χ2v) is 12.5. The Labute approximate surface area is 238 Å². The molecule has 0 aromatic heterocycles. The monoisotopic (exact) mass is 569 g/mol. The number of aliphatic hydroxyl groups excluding tert-OH is 1. The van der Waals surface area contributed by atoms with Gasteiger partial charge in [0.05, 0.1) is 35.2 Å². The fourth-order valence-electron chi connectivity index (χ4n) is 7.93. The summed E-state index contributed by atoms with van der Waals surface area (Å²) in [6.45, 7) is 2.17. The van der Waals surface area contributed by atoms with Crippen LogP contribution in [0.5, 0.6) is 5.75 Å². The third kappa shape index (κ3) is 4.40. The lowest BCUT2D eigenvalue weighted by atomic mass is 9.51. The van der Waals surface area contributed by atoms with Crippen LogP contribution in [0.3, 0.4) is 0 Å². The zero-order valence-electron chi connectivity index (χ0n) is 23.6. The summed E-state index contributed by atoms with van der Waals surface area (Å²) in [5.74, 6) is -11.7. The number of Topliss-reactive ketones (excluding diaryl/α,β-unsaturated/α-hetero) is 4. The number of phenols is 1. The van der Waals surface area contributed by atoms with Gasteiger partial charge in [-0.1, -0.05) is 25.8 Å². The molecule has 3 saturated carbocycles.